The number of amidine groups is 1. The topological polar surface area (TPSA) is 140 Å². The van der Waals surface area contributed by atoms with E-state index < -0.39 is 28.5 Å². The average Bonchev–Trinajstić information content (AvgIpc) is 2.80. The first-order chi connectivity index (χ1) is 11.0. The first kappa shape index (κ1) is 16.1. The Morgan fingerprint density at radius 2 is 2.13 bits per heavy atom. The monoisotopic (exact) mass is 320 g/mol. The summed E-state index contributed by atoms with van der Waals surface area (Å²) in [6.07, 6.45) is 0. The molecule has 2 N–H and O–H groups in total. The van der Waals surface area contributed by atoms with Gasteiger partial charge in [0.15, 0.2) is 11.8 Å². The van der Waals surface area contributed by atoms with Crippen LogP contribution in [-0.2, 0) is 19.1 Å². The lowest BCUT2D eigenvalue weighted by atomic mass is 10.1. The van der Waals surface area contributed by atoms with E-state index in [0.29, 0.717) is 0 Å². The summed E-state index contributed by atoms with van der Waals surface area (Å²) < 4.78 is 4.72. The van der Waals surface area contributed by atoms with Crippen LogP contribution in [0.2, 0.25) is 0 Å². The van der Waals surface area contributed by atoms with Gasteiger partial charge >= 0.3 is 5.97 Å². The first-order valence-corrected chi connectivity index (χ1v) is 6.54. The number of nitrogens with one attached hydrogen (secondary N) is 2. The van der Waals surface area contributed by atoms with Gasteiger partial charge in [-0.15, -0.1) is 0 Å². The molecule has 1 aliphatic rings. The number of amides is 1. The van der Waals surface area contributed by atoms with Crippen molar-refractivity contribution in [1.82, 2.24) is 5.32 Å². The number of rotatable bonds is 5. The zero-order valence-electron chi connectivity index (χ0n) is 11.9. The summed E-state index contributed by atoms with van der Waals surface area (Å²) in [7, 11) is 0. The molecule has 1 aliphatic heterocycles. The highest BCUT2D eigenvalue weighted by Crippen LogP contribution is 2.23. The van der Waals surface area contributed by atoms with Gasteiger partial charge in [-0.05, 0) is 13.0 Å². The smallest absolute Gasteiger partial charge is 0.324 e. The van der Waals surface area contributed by atoms with Crippen molar-refractivity contribution < 1.29 is 24.0 Å². The van der Waals surface area contributed by atoms with Crippen LogP contribution in [0.3, 0.4) is 0 Å². The molecule has 1 fully saturated rings. The number of nitro groups is 1. The van der Waals surface area contributed by atoms with E-state index >= 15 is 0 Å². The molecule has 0 aliphatic carbocycles. The second kappa shape index (κ2) is 6.64. The lowest BCUT2D eigenvalue weighted by Crippen LogP contribution is -2.30. The molecule has 0 aromatic heterocycles. The standard InChI is InChI=1S/C13H12N4O6/c1-2-23-13(20)9-10(18)12(19)14-11(9)16-15-7-5-3-4-6-8(7)17(21)22/h3-6,9,15H,2H2,1H3,(H,14,16,19)/t9-/m0/s1. The molecule has 0 spiro atoms. The number of hydrogen-bond donors (Lipinski definition) is 2. The Bertz CT molecular complexity index is 714. The van der Waals surface area contributed by atoms with Crippen molar-refractivity contribution in [3.8, 4) is 0 Å². The van der Waals surface area contributed by atoms with E-state index in [0.717, 1.165) is 0 Å². The van der Waals surface area contributed by atoms with Crippen LogP contribution in [0.5, 0.6) is 0 Å². The molecule has 120 valence electrons. The number of Topliss-reactive ketones (excluding diaryl/α,β-unsaturated/α-hetero) is 1. The molecule has 1 aromatic carbocycles. The number of hydrogen-bond acceptors (Lipinski definition) is 8. The Morgan fingerprint density at radius 3 is 2.78 bits per heavy atom. The maximum atomic E-state index is 11.7. The van der Waals surface area contributed by atoms with E-state index in [-0.39, 0.29) is 23.8 Å². The van der Waals surface area contributed by atoms with Gasteiger partial charge in [-0.3, -0.25) is 29.9 Å². The van der Waals surface area contributed by atoms with Crippen LogP contribution in [0, 0.1) is 16.0 Å². The van der Waals surface area contributed by atoms with Crippen LogP contribution in [0.4, 0.5) is 11.4 Å². The van der Waals surface area contributed by atoms with Gasteiger partial charge in [0.05, 0.1) is 11.5 Å². The number of para-hydroxylation sites is 2. The Hall–Kier alpha value is -3.30. The van der Waals surface area contributed by atoms with Crippen LogP contribution < -0.4 is 10.7 Å². The number of carbonyl (C=O) groups excluding carboxylic acids is 3. The molecular weight excluding hydrogens is 308 g/mol. The van der Waals surface area contributed by atoms with Gasteiger partial charge in [0.25, 0.3) is 11.6 Å². The van der Waals surface area contributed by atoms with Crippen molar-refractivity contribution in [3.63, 3.8) is 0 Å². The minimum Gasteiger partial charge on any atom is -0.465 e. The SMILES string of the molecule is CCOC(=O)[C@H]1C(=O)C(=O)N/C1=N/Nc1ccccc1[N+](=O)[O-]. The first-order valence-electron chi connectivity index (χ1n) is 6.54. The molecule has 0 saturated carbocycles. The Kier molecular flexibility index (Phi) is 4.64. The molecule has 0 radical (unpaired) electrons. The van der Waals surface area contributed by atoms with Crippen molar-refractivity contribution in [2.75, 3.05) is 12.0 Å². The number of hydrazone groups is 1. The van der Waals surface area contributed by atoms with Crippen molar-refractivity contribution >= 4 is 34.9 Å². The summed E-state index contributed by atoms with van der Waals surface area (Å²) in [5.41, 5.74) is 2.17. The largest absolute Gasteiger partial charge is 0.465 e. The van der Waals surface area contributed by atoms with Gasteiger partial charge in [-0.25, -0.2) is 0 Å². The van der Waals surface area contributed by atoms with Crippen LogP contribution in [0.25, 0.3) is 0 Å². The molecule has 1 heterocycles. The number of benzene rings is 1. The van der Waals surface area contributed by atoms with Gasteiger partial charge < -0.3 is 10.1 Å². The third-order valence-electron chi connectivity index (χ3n) is 2.92. The molecule has 10 heteroatoms. The van der Waals surface area contributed by atoms with Crippen molar-refractivity contribution in [3.05, 3.63) is 34.4 Å². The van der Waals surface area contributed by atoms with Gasteiger partial charge in [0, 0.05) is 6.07 Å². The van der Waals surface area contributed by atoms with E-state index in [9.17, 15) is 24.5 Å². The Balaban J connectivity index is 2.27. The molecule has 0 bridgehead atoms. The normalized spacial score (nSPS) is 18.7. The molecule has 2 rings (SSSR count). The summed E-state index contributed by atoms with van der Waals surface area (Å²) in [4.78, 5) is 45.1. The van der Waals surface area contributed by atoms with Crippen LogP contribution >= 0.6 is 0 Å². The molecule has 1 aromatic rings. The lowest BCUT2D eigenvalue weighted by molar-refractivity contribution is -0.384. The highest BCUT2D eigenvalue weighted by Gasteiger charge is 2.44. The highest BCUT2D eigenvalue weighted by atomic mass is 16.6. The van der Waals surface area contributed by atoms with E-state index in [1.165, 1.54) is 24.3 Å². The fraction of sp³-hybridized carbons (Fsp3) is 0.231. The summed E-state index contributed by atoms with van der Waals surface area (Å²) in [5, 5.41) is 16.8. The quantitative estimate of drug-likeness (QED) is 0.259. The summed E-state index contributed by atoms with van der Waals surface area (Å²) in [6, 6.07) is 5.65. The molecule has 23 heavy (non-hydrogen) atoms. The van der Waals surface area contributed by atoms with Crippen molar-refractivity contribution in [2.24, 2.45) is 11.0 Å². The fourth-order valence-corrected chi connectivity index (χ4v) is 1.89. The van der Waals surface area contributed by atoms with Crippen LogP contribution in [-0.4, -0.2) is 35.0 Å². The average molecular weight is 320 g/mol. The highest BCUT2D eigenvalue weighted by molar-refractivity contribution is 6.53. The lowest BCUT2D eigenvalue weighted by Gasteiger charge is -2.08. The number of nitrogens with zero attached hydrogens (tertiary/aromatic N) is 2. The van der Waals surface area contributed by atoms with E-state index in [4.69, 9.17) is 4.74 Å². The van der Waals surface area contributed by atoms with Gasteiger partial charge in [-0.1, -0.05) is 12.1 Å². The number of ketones is 1. The summed E-state index contributed by atoms with van der Waals surface area (Å²) in [6.45, 7) is 1.58. The summed E-state index contributed by atoms with van der Waals surface area (Å²) >= 11 is 0. The number of carbonyl (C=O) groups is 3. The second-order valence-corrected chi connectivity index (χ2v) is 4.39. The number of esters is 1. The van der Waals surface area contributed by atoms with E-state index in [2.05, 4.69) is 15.8 Å². The molecule has 1 atom stereocenters. The zero-order chi connectivity index (χ0) is 17.0. The van der Waals surface area contributed by atoms with Gasteiger partial charge in [0.2, 0.25) is 5.78 Å². The molecule has 1 saturated heterocycles. The van der Waals surface area contributed by atoms with Crippen LogP contribution in [0.15, 0.2) is 29.4 Å². The number of ether oxygens (including phenoxy) is 1. The van der Waals surface area contributed by atoms with Crippen molar-refractivity contribution in [2.45, 2.75) is 6.92 Å². The van der Waals surface area contributed by atoms with Crippen molar-refractivity contribution in [1.29, 1.82) is 0 Å². The molecule has 0 unspecified atom stereocenters. The third kappa shape index (κ3) is 3.31. The summed E-state index contributed by atoms with van der Waals surface area (Å²) in [5.74, 6) is -4.67. The maximum absolute atomic E-state index is 11.7. The third-order valence-corrected chi connectivity index (χ3v) is 2.92. The minimum absolute atomic E-state index is 0.0294. The predicted octanol–water partition coefficient (Wildman–Crippen LogP) is 0.198. The second-order valence-electron chi connectivity index (χ2n) is 4.39. The Labute approximate surface area is 129 Å². The van der Waals surface area contributed by atoms with E-state index in [1.807, 2.05) is 0 Å². The molecule has 10 nitrogen and oxygen atoms in total. The number of nitro benzene ring substituents is 1. The predicted molar refractivity (Wildman–Crippen MR) is 77.4 cm³/mol. The van der Waals surface area contributed by atoms with Gasteiger partial charge in [-0.2, -0.15) is 5.10 Å². The molecule has 1 amide bonds. The van der Waals surface area contributed by atoms with E-state index in [1.54, 1.807) is 6.92 Å². The van der Waals surface area contributed by atoms with Gasteiger partial charge in [0.1, 0.15) is 5.69 Å². The fourth-order valence-electron chi connectivity index (χ4n) is 1.89. The zero-order valence-corrected chi connectivity index (χ0v) is 11.9. The Morgan fingerprint density at radius 1 is 1.43 bits per heavy atom. The maximum Gasteiger partial charge on any atom is 0.324 e. The minimum atomic E-state index is -1.50. The number of anilines is 1. The molecular formula is C13H12N4O6. The van der Waals surface area contributed by atoms with Crippen LogP contribution in [0.1, 0.15) is 6.92 Å².